The number of amides is 2. The zero-order valence-corrected chi connectivity index (χ0v) is 12.4. The summed E-state index contributed by atoms with van der Waals surface area (Å²) in [6, 6.07) is 2.03. The number of likely N-dealkylation sites (tertiary alicyclic amines) is 1. The summed E-state index contributed by atoms with van der Waals surface area (Å²) in [7, 11) is 1.78. The Morgan fingerprint density at radius 2 is 2.26 bits per heavy atom. The van der Waals surface area contributed by atoms with Crippen LogP contribution in [0.3, 0.4) is 0 Å². The molecule has 1 N–H and O–H groups in total. The number of nitrogens with zero attached hydrogens (tertiary/aromatic N) is 1. The van der Waals surface area contributed by atoms with Gasteiger partial charge in [-0.2, -0.15) is 0 Å². The van der Waals surface area contributed by atoms with E-state index in [1.807, 2.05) is 11.4 Å². The minimum Gasteiger partial charge on any atom is -0.347 e. The summed E-state index contributed by atoms with van der Waals surface area (Å²) >= 11 is 1.62. The first-order valence-electron chi connectivity index (χ1n) is 6.60. The number of hydrogen-bond acceptors (Lipinski definition) is 3. The molecule has 0 radical (unpaired) electrons. The number of likely N-dealkylation sites (N-methyl/N-ethyl adjacent to an activating group) is 1. The topological polar surface area (TPSA) is 49.4 Å². The lowest BCUT2D eigenvalue weighted by molar-refractivity contribution is -0.132. The normalized spacial score (nSPS) is 19.9. The molecule has 0 saturated carbocycles. The first-order chi connectivity index (χ1) is 8.97. The maximum atomic E-state index is 12.1. The van der Waals surface area contributed by atoms with Gasteiger partial charge in [-0.15, -0.1) is 11.3 Å². The van der Waals surface area contributed by atoms with Crippen LogP contribution in [-0.4, -0.2) is 36.3 Å². The molecule has 5 heteroatoms. The van der Waals surface area contributed by atoms with E-state index in [4.69, 9.17) is 0 Å². The lowest BCUT2D eigenvalue weighted by Gasteiger charge is -2.30. The first-order valence-corrected chi connectivity index (χ1v) is 7.48. The van der Waals surface area contributed by atoms with Crippen LogP contribution in [0, 0.1) is 0 Å². The number of thiophene rings is 1. The Bertz CT molecular complexity index is 482. The van der Waals surface area contributed by atoms with E-state index in [0.717, 1.165) is 12.0 Å². The molecule has 2 rings (SSSR count). The van der Waals surface area contributed by atoms with E-state index in [9.17, 15) is 9.59 Å². The Balaban J connectivity index is 1.95. The van der Waals surface area contributed by atoms with E-state index in [-0.39, 0.29) is 17.9 Å². The lowest BCUT2D eigenvalue weighted by atomic mass is 10.1. The van der Waals surface area contributed by atoms with Crippen LogP contribution in [0.4, 0.5) is 0 Å². The van der Waals surface area contributed by atoms with E-state index < -0.39 is 0 Å². The van der Waals surface area contributed by atoms with E-state index in [1.54, 1.807) is 23.3 Å². The molecule has 0 aromatic carbocycles. The Labute approximate surface area is 117 Å². The number of carbonyl (C=O) groups excluding carboxylic acids is 2. The van der Waals surface area contributed by atoms with Gasteiger partial charge in [-0.3, -0.25) is 9.59 Å². The minimum atomic E-state index is -0.0316. The average Bonchev–Trinajstić information content (AvgIpc) is 2.83. The third kappa shape index (κ3) is 3.35. The Kier molecular flexibility index (Phi) is 4.24. The first kappa shape index (κ1) is 14.1. The SMILES string of the molecule is CC(C)c1cc(C(=O)N[C@@H]2CCC(=O)N(C)C2)cs1. The van der Waals surface area contributed by atoms with Gasteiger partial charge in [0, 0.05) is 36.3 Å². The standard InChI is InChI=1S/C14H20N2O2S/c1-9(2)12-6-10(8-19-12)14(18)15-11-4-5-13(17)16(3)7-11/h6,8-9,11H,4-5,7H2,1-3H3,(H,15,18)/t11-/m1/s1. The number of nitrogens with one attached hydrogen (secondary N) is 1. The van der Waals surface area contributed by atoms with E-state index in [0.29, 0.717) is 18.9 Å². The van der Waals surface area contributed by atoms with E-state index in [2.05, 4.69) is 19.2 Å². The molecular formula is C14H20N2O2S. The Hall–Kier alpha value is -1.36. The molecule has 1 aromatic heterocycles. The summed E-state index contributed by atoms with van der Waals surface area (Å²) in [5.41, 5.74) is 0.730. The number of hydrogen-bond donors (Lipinski definition) is 1. The molecular weight excluding hydrogens is 260 g/mol. The fourth-order valence-electron chi connectivity index (χ4n) is 2.17. The van der Waals surface area contributed by atoms with Gasteiger partial charge in [-0.1, -0.05) is 13.8 Å². The van der Waals surface area contributed by atoms with Gasteiger partial charge in [0.15, 0.2) is 0 Å². The van der Waals surface area contributed by atoms with Crippen molar-refractivity contribution in [1.82, 2.24) is 10.2 Å². The Morgan fingerprint density at radius 3 is 2.84 bits per heavy atom. The van der Waals surface area contributed by atoms with Gasteiger partial charge in [0.25, 0.3) is 5.91 Å². The summed E-state index contributed by atoms with van der Waals surface area (Å²) in [5.74, 6) is 0.573. The minimum absolute atomic E-state index is 0.0316. The van der Waals surface area contributed by atoms with Gasteiger partial charge in [0.1, 0.15) is 0 Å². The number of carbonyl (C=O) groups is 2. The largest absolute Gasteiger partial charge is 0.347 e. The van der Waals surface area contributed by atoms with Crippen LogP contribution in [-0.2, 0) is 4.79 Å². The number of rotatable bonds is 3. The van der Waals surface area contributed by atoms with Crippen molar-refractivity contribution in [2.24, 2.45) is 0 Å². The molecule has 104 valence electrons. The third-order valence-corrected chi connectivity index (χ3v) is 4.65. The number of piperidine rings is 1. The molecule has 1 saturated heterocycles. The summed E-state index contributed by atoms with van der Waals surface area (Å²) in [5, 5.41) is 4.92. The van der Waals surface area contributed by atoms with Crippen LogP contribution in [0.2, 0.25) is 0 Å². The van der Waals surface area contributed by atoms with Crippen molar-refractivity contribution in [3.63, 3.8) is 0 Å². The molecule has 1 aliphatic heterocycles. The molecule has 2 amide bonds. The second kappa shape index (κ2) is 5.74. The summed E-state index contributed by atoms with van der Waals surface area (Å²) in [6.07, 6.45) is 1.25. The quantitative estimate of drug-likeness (QED) is 0.923. The zero-order chi connectivity index (χ0) is 14.0. The summed E-state index contributed by atoms with van der Waals surface area (Å²) in [6.45, 7) is 4.84. The van der Waals surface area contributed by atoms with Gasteiger partial charge in [0.2, 0.25) is 5.91 Å². The van der Waals surface area contributed by atoms with E-state index in [1.165, 1.54) is 4.88 Å². The van der Waals surface area contributed by atoms with Crippen LogP contribution in [0.25, 0.3) is 0 Å². The van der Waals surface area contributed by atoms with Crippen molar-refractivity contribution in [3.05, 3.63) is 21.9 Å². The fraction of sp³-hybridized carbons (Fsp3) is 0.571. The molecule has 1 aromatic rings. The monoisotopic (exact) mass is 280 g/mol. The fourth-order valence-corrected chi connectivity index (χ4v) is 3.08. The van der Waals surface area contributed by atoms with Crippen LogP contribution < -0.4 is 5.32 Å². The average molecular weight is 280 g/mol. The smallest absolute Gasteiger partial charge is 0.252 e. The van der Waals surface area contributed by atoms with Crippen molar-refractivity contribution >= 4 is 23.2 Å². The van der Waals surface area contributed by atoms with Crippen LogP contribution in [0.1, 0.15) is 47.8 Å². The van der Waals surface area contributed by atoms with Crippen molar-refractivity contribution in [1.29, 1.82) is 0 Å². The van der Waals surface area contributed by atoms with Gasteiger partial charge in [0.05, 0.1) is 5.56 Å². The molecule has 2 heterocycles. The van der Waals surface area contributed by atoms with Gasteiger partial charge in [-0.25, -0.2) is 0 Å². The third-order valence-electron chi connectivity index (χ3n) is 3.41. The highest BCUT2D eigenvalue weighted by molar-refractivity contribution is 7.10. The summed E-state index contributed by atoms with van der Waals surface area (Å²) in [4.78, 5) is 26.4. The van der Waals surface area contributed by atoms with Gasteiger partial charge >= 0.3 is 0 Å². The molecule has 19 heavy (non-hydrogen) atoms. The van der Waals surface area contributed by atoms with Crippen molar-refractivity contribution in [2.45, 2.75) is 38.6 Å². The second-order valence-corrected chi connectivity index (χ2v) is 6.32. The maximum absolute atomic E-state index is 12.1. The zero-order valence-electron chi connectivity index (χ0n) is 11.6. The molecule has 1 atom stereocenters. The molecule has 0 aliphatic carbocycles. The maximum Gasteiger partial charge on any atom is 0.252 e. The van der Waals surface area contributed by atoms with Gasteiger partial charge < -0.3 is 10.2 Å². The summed E-state index contributed by atoms with van der Waals surface area (Å²) < 4.78 is 0. The second-order valence-electron chi connectivity index (χ2n) is 5.38. The predicted molar refractivity (Wildman–Crippen MR) is 76.5 cm³/mol. The molecule has 4 nitrogen and oxygen atoms in total. The molecule has 1 aliphatic rings. The predicted octanol–water partition coefficient (Wildman–Crippen LogP) is 2.22. The molecule has 1 fully saturated rings. The van der Waals surface area contributed by atoms with Crippen LogP contribution in [0.5, 0.6) is 0 Å². The van der Waals surface area contributed by atoms with Crippen molar-refractivity contribution in [2.75, 3.05) is 13.6 Å². The van der Waals surface area contributed by atoms with Crippen molar-refractivity contribution < 1.29 is 9.59 Å². The van der Waals surface area contributed by atoms with E-state index >= 15 is 0 Å². The molecule has 0 spiro atoms. The van der Waals surface area contributed by atoms with Crippen LogP contribution >= 0.6 is 11.3 Å². The highest BCUT2D eigenvalue weighted by Gasteiger charge is 2.24. The molecule has 0 bridgehead atoms. The highest BCUT2D eigenvalue weighted by Crippen LogP contribution is 2.23. The van der Waals surface area contributed by atoms with Crippen LogP contribution in [0.15, 0.2) is 11.4 Å². The lowest BCUT2D eigenvalue weighted by Crippen LogP contribution is -2.48. The highest BCUT2D eigenvalue weighted by atomic mass is 32.1. The van der Waals surface area contributed by atoms with Gasteiger partial charge in [-0.05, 0) is 18.4 Å². The molecule has 0 unspecified atom stereocenters. The van der Waals surface area contributed by atoms with Crippen molar-refractivity contribution in [3.8, 4) is 0 Å². The Morgan fingerprint density at radius 1 is 1.53 bits per heavy atom.